The molecule has 1 N–H and O–H groups in total. The Bertz CT molecular complexity index is 620. The van der Waals surface area contributed by atoms with Crippen LogP contribution >= 0.6 is 23.2 Å². The van der Waals surface area contributed by atoms with Gasteiger partial charge in [0.1, 0.15) is 24.2 Å². The number of halogens is 2. The van der Waals surface area contributed by atoms with Gasteiger partial charge < -0.3 is 9.84 Å². The van der Waals surface area contributed by atoms with Gasteiger partial charge in [0.2, 0.25) is 0 Å². The fourth-order valence-corrected chi connectivity index (χ4v) is 1.72. The second-order valence-corrected chi connectivity index (χ2v) is 4.40. The normalized spacial score (nSPS) is 10.2. The van der Waals surface area contributed by atoms with Gasteiger partial charge in [0.15, 0.2) is 0 Å². The lowest BCUT2D eigenvalue weighted by molar-refractivity contribution is 0.0692. The second-order valence-electron chi connectivity index (χ2n) is 3.55. The summed E-state index contributed by atoms with van der Waals surface area (Å²) in [7, 11) is 0. The minimum Gasteiger partial charge on any atom is -0.486 e. The molecule has 0 atom stereocenters. The van der Waals surface area contributed by atoms with E-state index in [9.17, 15) is 4.79 Å². The van der Waals surface area contributed by atoms with Crippen molar-refractivity contribution in [3.05, 3.63) is 52.0 Å². The van der Waals surface area contributed by atoms with Gasteiger partial charge in [-0.3, -0.25) is 0 Å². The van der Waals surface area contributed by atoms with Crippen LogP contribution in [0, 0.1) is 0 Å². The van der Waals surface area contributed by atoms with Crippen LogP contribution in [-0.4, -0.2) is 21.0 Å². The molecule has 0 aliphatic carbocycles. The summed E-state index contributed by atoms with van der Waals surface area (Å²) >= 11 is 11.8. The van der Waals surface area contributed by atoms with Crippen molar-refractivity contribution in [2.45, 2.75) is 6.61 Å². The van der Waals surface area contributed by atoms with Crippen molar-refractivity contribution < 1.29 is 14.6 Å². The molecule has 2 rings (SSSR count). The van der Waals surface area contributed by atoms with Crippen LogP contribution in [0.25, 0.3) is 0 Å². The third-order valence-electron chi connectivity index (χ3n) is 2.28. The highest BCUT2D eigenvalue weighted by Gasteiger charge is 2.12. The number of ether oxygens (including phenoxy) is 1. The van der Waals surface area contributed by atoms with Crippen molar-refractivity contribution in [2.24, 2.45) is 0 Å². The highest BCUT2D eigenvalue weighted by atomic mass is 35.5. The lowest BCUT2D eigenvalue weighted by atomic mass is 10.2. The molecule has 19 heavy (non-hydrogen) atoms. The van der Waals surface area contributed by atoms with Gasteiger partial charge >= 0.3 is 5.97 Å². The fourth-order valence-electron chi connectivity index (χ4n) is 1.38. The molecular weight excluding hydrogens is 291 g/mol. The molecule has 0 fully saturated rings. The van der Waals surface area contributed by atoms with Gasteiger partial charge in [-0.05, 0) is 12.1 Å². The molecule has 2 aromatic rings. The number of carboxylic acids is 1. The molecule has 0 saturated carbocycles. The van der Waals surface area contributed by atoms with Gasteiger partial charge in [0.25, 0.3) is 0 Å². The highest BCUT2D eigenvalue weighted by molar-refractivity contribution is 6.34. The van der Waals surface area contributed by atoms with Crippen LogP contribution in [0.4, 0.5) is 0 Å². The van der Waals surface area contributed by atoms with E-state index in [1.54, 1.807) is 18.2 Å². The lowest BCUT2D eigenvalue weighted by Crippen LogP contribution is -2.08. The zero-order chi connectivity index (χ0) is 13.8. The molecule has 1 aromatic carbocycles. The number of carboxylic acid groups (broad SMARTS) is 1. The third-order valence-corrected chi connectivity index (χ3v) is 2.83. The van der Waals surface area contributed by atoms with Crippen molar-refractivity contribution in [3.8, 4) is 5.75 Å². The highest BCUT2D eigenvalue weighted by Crippen LogP contribution is 2.28. The third kappa shape index (κ3) is 3.33. The molecule has 0 unspecified atom stereocenters. The number of aromatic carboxylic acids is 1. The number of benzene rings is 1. The molecule has 0 aliphatic rings. The van der Waals surface area contributed by atoms with E-state index >= 15 is 0 Å². The van der Waals surface area contributed by atoms with Gasteiger partial charge in [-0.15, -0.1) is 0 Å². The molecule has 0 aliphatic heterocycles. The maximum atomic E-state index is 11.0. The molecular formula is C12H8Cl2N2O3. The summed E-state index contributed by atoms with van der Waals surface area (Å²) in [6.45, 7) is -0.0375. The molecule has 0 radical (unpaired) electrons. The van der Waals surface area contributed by atoms with E-state index in [2.05, 4.69) is 9.97 Å². The first-order valence-corrected chi connectivity index (χ1v) is 5.93. The van der Waals surface area contributed by atoms with Crippen molar-refractivity contribution in [2.75, 3.05) is 0 Å². The molecule has 0 amide bonds. The number of hydrogen-bond acceptors (Lipinski definition) is 4. The number of carbonyl (C=O) groups is 1. The summed E-state index contributed by atoms with van der Waals surface area (Å²) in [4.78, 5) is 18.5. The maximum absolute atomic E-state index is 11.0. The molecule has 0 saturated heterocycles. The number of rotatable bonds is 4. The van der Waals surface area contributed by atoms with Crippen molar-refractivity contribution in [1.29, 1.82) is 0 Å². The largest absolute Gasteiger partial charge is 0.486 e. The smallest absolute Gasteiger partial charge is 0.339 e. The summed E-state index contributed by atoms with van der Waals surface area (Å²) in [5.74, 6) is -0.750. The molecule has 1 aromatic heterocycles. The van der Waals surface area contributed by atoms with Crippen LogP contribution in [-0.2, 0) is 6.61 Å². The van der Waals surface area contributed by atoms with Gasteiger partial charge in [-0.1, -0.05) is 23.2 Å². The Morgan fingerprint density at radius 1 is 1.37 bits per heavy atom. The summed E-state index contributed by atoms with van der Waals surface area (Å²) in [6.07, 6.45) is 2.47. The van der Waals surface area contributed by atoms with E-state index in [0.29, 0.717) is 15.8 Å². The first-order chi connectivity index (χ1) is 9.08. The zero-order valence-corrected chi connectivity index (χ0v) is 11.0. The van der Waals surface area contributed by atoms with Crippen molar-refractivity contribution in [1.82, 2.24) is 9.97 Å². The van der Waals surface area contributed by atoms with Crippen LogP contribution in [0.2, 0.25) is 10.0 Å². The quantitative estimate of drug-likeness (QED) is 0.939. The van der Waals surface area contributed by atoms with Crippen LogP contribution < -0.4 is 4.74 Å². The van der Waals surface area contributed by atoms with E-state index in [1.807, 2.05) is 0 Å². The topological polar surface area (TPSA) is 72.3 Å². The Kier molecular flexibility index (Phi) is 4.19. The Morgan fingerprint density at radius 3 is 2.89 bits per heavy atom. The van der Waals surface area contributed by atoms with E-state index in [-0.39, 0.29) is 17.9 Å². The number of aromatic nitrogens is 2. The molecule has 0 bridgehead atoms. The van der Waals surface area contributed by atoms with Gasteiger partial charge in [-0.2, -0.15) is 0 Å². The molecule has 7 heteroatoms. The molecule has 5 nitrogen and oxygen atoms in total. The second kappa shape index (κ2) is 5.86. The lowest BCUT2D eigenvalue weighted by Gasteiger charge is -2.09. The molecule has 1 heterocycles. The monoisotopic (exact) mass is 298 g/mol. The van der Waals surface area contributed by atoms with Crippen molar-refractivity contribution >= 4 is 29.2 Å². The Balaban J connectivity index is 2.19. The maximum Gasteiger partial charge on any atom is 0.339 e. The standard InChI is InChI=1S/C12H8Cl2N2O3/c13-7-1-2-9(14)11(3-7)19-5-10-8(12(17)18)4-15-6-16-10/h1-4,6H,5H2,(H,17,18). The van der Waals surface area contributed by atoms with Gasteiger partial charge in [-0.25, -0.2) is 14.8 Å². The van der Waals surface area contributed by atoms with E-state index < -0.39 is 5.97 Å². The number of hydrogen-bond donors (Lipinski definition) is 1. The Hall–Kier alpha value is -1.85. The summed E-state index contributed by atoms with van der Waals surface area (Å²) in [5.41, 5.74) is 0.249. The van der Waals surface area contributed by atoms with Gasteiger partial charge in [0.05, 0.1) is 10.7 Å². The van der Waals surface area contributed by atoms with Crippen molar-refractivity contribution in [3.63, 3.8) is 0 Å². The summed E-state index contributed by atoms with van der Waals surface area (Å²) in [5, 5.41) is 9.84. The average molecular weight is 299 g/mol. The number of nitrogens with zero attached hydrogens (tertiary/aromatic N) is 2. The van der Waals surface area contributed by atoms with Crippen LogP contribution in [0.15, 0.2) is 30.7 Å². The minimum atomic E-state index is -1.11. The molecule has 98 valence electrons. The average Bonchev–Trinajstić information content (AvgIpc) is 2.40. The van der Waals surface area contributed by atoms with E-state index in [1.165, 1.54) is 12.5 Å². The van der Waals surface area contributed by atoms with Crippen LogP contribution in [0.1, 0.15) is 16.1 Å². The SMILES string of the molecule is O=C(O)c1cncnc1COc1cc(Cl)ccc1Cl. The van der Waals surface area contributed by atoms with Gasteiger partial charge in [0, 0.05) is 17.3 Å². The molecule has 0 spiro atoms. The predicted molar refractivity (Wildman–Crippen MR) is 69.8 cm³/mol. The Morgan fingerprint density at radius 2 is 2.16 bits per heavy atom. The summed E-state index contributed by atoms with van der Waals surface area (Å²) < 4.78 is 5.42. The minimum absolute atomic E-state index is 0.0133. The summed E-state index contributed by atoms with van der Waals surface area (Å²) in [6, 6.07) is 4.77. The first kappa shape index (κ1) is 13.6. The fraction of sp³-hybridized carbons (Fsp3) is 0.0833. The van der Waals surface area contributed by atoms with E-state index in [0.717, 1.165) is 0 Å². The zero-order valence-electron chi connectivity index (χ0n) is 9.51. The van der Waals surface area contributed by atoms with Crippen LogP contribution in [0.5, 0.6) is 5.75 Å². The van der Waals surface area contributed by atoms with E-state index in [4.69, 9.17) is 33.0 Å². The Labute approximate surface area is 118 Å². The van der Waals surface area contributed by atoms with Crippen LogP contribution in [0.3, 0.4) is 0 Å². The predicted octanol–water partition coefficient (Wildman–Crippen LogP) is 3.06. The first-order valence-electron chi connectivity index (χ1n) is 5.18.